The van der Waals surface area contributed by atoms with Gasteiger partial charge in [0.1, 0.15) is 0 Å². The summed E-state index contributed by atoms with van der Waals surface area (Å²) in [6.45, 7) is 0.840. The number of thiazole rings is 1. The van der Waals surface area contributed by atoms with E-state index in [4.69, 9.17) is 0 Å². The Labute approximate surface area is 62.3 Å². The Kier molecular flexibility index (Phi) is 1.20. The second-order valence-corrected chi connectivity index (χ2v) is 2.98. The molecule has 2 rings (SSSR count). The van der Waals surface area contributed by atoms with Gasteiger partial charge >= 0.3 is 0 Å². The number of carbonyl (C=O) groups excluding carboxylic acids is 1. The van der Waals surface area contributed by atoms with Crippen LogP contribution in [0.25, 0.3) is 0 Å². The fraction of sp³-hybridized carbons (Fsp3) is 0.333. The average molecular weight is 154 g/mol. The van der Waals surface area contributed by atoms with Gasteiger partial charge in [0.2, 0.25) is 5.91 Å². The fourth-order valence-electron chi connectivity index (χ4n) is 0.866. The zero-order valence-electron chi connectivity index (χ0n) is 5.28. The molecule has 10 heavy (non-hydrogen) atoms. The topological polar surface area (TPSA) is 33.2 Å². The molecule has 2 heterocycles. The number of hydrogen-bond acceptors (Lipinski definition) is 3. The van der Waals surface area contributed by atoms with Gasteiger partial charge in [-0.1, -0.05) is 0 Å². The summed E-state index contributed by atoms with van der Waals surface area (Å²) in [5, 5.41) is 2.71. The molecule has 1 amide bonds. The van der Waals surface area contributed by atoms with E-state index >= 15 is 0 Å². The van der Waals surface area contributed by atoms with Gasteiger partial charge in [0, 0.05) is 24.5 Å². The number of hydrogen-bond donors (Lipinski definition) is 0. The molecule has 0 atom stereocenters. The van der Waals surface area contributed by atoms with Crippen molar-refractivity contribution in [3.8, 4) is 0 Å². The molecule has 0 bridgehead atoms. The predicted molar refractivity (Wildman–Crippen MR) is 39.1 cm³/mol. The molecule has 1 saturated heterocycles. The van der Waals surface area contributed by atoms with Gasteiger partial charge < -0.3 is 0 Å². The third-order valence-corrected chi connectivity index (χ3v) is 2.29. The van der Waals surface area contributed by atoms with Crippen molar-refractivity contribution < 1.29 is 4.79 Å². The van der Waals surface area contributed by atoms with E-state index in [0.717, 1.165) is 11.7 Å². The van der Waals surface area contributed by atoms with E-state index in [1.807, 2.05) is 5.38 Å². The van der Waals surface area contributed by atoms with Crippen LogP contribution < -0.4 is 4.90 Å². The van der Waals surface area contributed by atoms with Crippen molar-refractivity contribution in [1.82, 2.24) is 4.98 Å². The molecule has 0 radical (unpaired) electrons. The summed E-state index contributed by atoms with van der Waals surface area (Å²) in [5.41, 5.74) is 0. The maximum atomic E-state index is 10.8. The van der Waals surface area contributed by atoms with Gasteiger partial charge in [-0.3, -0.25) is 9.69 Å². The second-order valence-electron chi connectivity index (χ2n) is 2.11. The highest BCUT2D eigenvalue weighted by Crippen LogP contribution is 2.23. The summed E-state index contributed by atoms with van der Waals surface area (Å²) in [6.07, 6.45) is 2.39. The molecule has 0 saturated carbocycles. The van der Waals surface area contributed by atoms with Crippen LogP contribution in [0.2, 0.25) is 0 Å². The number of amides is 1. The van der Waals surface area contributed by atoms with Crippen LogP contribution in [0.15, 0.2) is 11.6 Å². The largest absolute Gasteiger partial charge is 0.288 e. The summed E-state index contributed by atoms with van der Waals surface area (Å²) in [5.74, 6) is 0.190. The first-order chi connectivity index (χ1) is 4.88. The standard InChI is InChI=1S/C6H6N2OS/c9-5-1-3-8(5)6-7-2-4-10-6/h2,4H,1,3H2. The van der Waals surface area contributed by atoms with Crippen LogP contribution >= 0.6 is 11.3 Å². The van der Waals surface area contributed by atoms with Crippen LogP contribution in [-0.2, 0) is 4.79 Å². The van der Waals surface area contributed by atoms with E-state index in [1.54, 1.807) is 11.1 Å². The first-order valence-electron chi connectivity index (χ1n) is 3.08. The summed E-state index contributed by atoms with van der Waals surface area (Å²) in [6, 6.07) is 0. The molecule has 0 spiro atoms. The van der Waals surface area contributed by atoms with Crippen LogP contribution in [0.3, 0.4) is 0 Å². The number of anilines is 1. The Morgan fingerprint density at radius 2 is 2.60 bits per heavy atom. The van der Waals surface area contributed by atoms with Gasteiger partial charge in [-0.15, -0.1) is 11.3 Å². The van der Waals surface area contributed by atoms with Crippen molar-refractivity contribution in [1.29, 1.82) is 0 Å². The van der Waals surface area contributed by atoms with Crippen molar-refractivity contribution in [3.63, 3.8) is 0 Å². The average Bonchev–Trinajstić information content (AvgIpc) is 2.37. The number of carbonyl (C=O) groups is 1. The molecule has 1 aliphatic rings. The lowest BCUT2D eigenvalue weighted by Gasteiger charge is -2.27. The Bertz CT molecular complexity index is 244. The molecule has 3 nitrogen and oxygen atoms in total. The Balaban J connectivity index is 2.21. The Morgan fingerprint density at radius 1 is 1.70 bits per heavy atom. The summed E-state index contributed by atoms with van der Waals surface area (Å²) in [7, 11) is 0. The van der Waals surface area contributed by atoms with E-state index in [1.165, 1.54) is 11.3 Å². The monoisotopic (exact) mass is 154 g/mol. The van der Waals surface area contributed by atoms with Gasteiger partial charge in [0.05, 0.1) is 0 Å². The smallest absolute Gasteiger partial charge is 0.230 e. The zero-order chi connectivity index (χ0) is 6.97. The van der Waals surface area contributed by atoms with Crippen molar-refractivity contribution in [2.75, 3.05) is 11.4 Å². The van der Waals surface area contributed by atoms with Crippen molar-refractivity contribution in [2.24, 2.45) is 0 Å². The minimum Gasteiger partial charge on any atom is -0.288 e. The highest BCUT2D eigenvalue weighted by molar-refractivity contribution is 7.13. The van der Waals surface area contributed by atoms with Gasteiger partial charge in [0.25, 0.3) is 0 Å². The molecule has 1 fully saturated rings. The van der Waals surface area contributed by atoms with E-state index in [-0.39, 0.29) is 5.91 Å². The molecule has 1 aliphatic heterocycles. The van der Waals surface area contributed by atoms with Crippen LogP contribution in [-0.4, -0.2) is 17.4 Å². The first kappa shape index (κ1) is 5.85. The van der Waals surface area contributed by atoms with Gasteiger partial charge in [-0.05, 0) is 0 Å². The molecule has 1 aromatic rings. The third-order valence-electron chi connectivity index (χ3n) is 1.50. The molecule has 0 N–H and O–H groups in total. The Hall–Kier alpha value is -0.900. The van der Waals surface area contributed by atoms with Crippen LogP contribution in [0.4, 0.5) is 5.13 Å². The van der Waals surface area contributed by atoms with Crippen molar-refractivity contribution in [2.45, 2.75) is 6.42 Å². The highest BCUT2D eigenvalue weighted by Gasteiger charge is 2.26. The minimum atomic E-state index is 0.190. The normalized spacial score (nSPS) is 17.2. The molecule has 1 aromatic heterocycles. The van der Waals surface area contributed by atoms with Crippen LogP contribution in [0.5, 0.6) is 0 Å². The third kappa shape index (κ3) is 0.724. The fourth-order valence-corrected chi connectivity index (χ4v) is 1.55. The molecular weight excluding hydrogens is 148 g/mol. The van der Waals surface area contributed by atoms with Gasteiger partial charge in [0.15, 0.2) is 5.13 Å². The SMILES string of the molecule is O=C1CCN1c1nccs1. The van der Waals surface area contributed by atoms with E-state index in [9.17, 15) is 4.79 Å². The van der Waals surface area contributed by atoms with Gasteiger partial charge in [-0.2, -0.15) is 0 Å². The molecular formula is C6H6N2OS. The lowest BCUT2D eigenvalue weighted by Crippen LogP contribution is -2.43. The lowest BCUT2D eigenvalue weighted by molar-refractivity contribution is -0.122. The van der Waals surface area contributed by atoms with Crippen LogP contribution in [0.1, 0.15) is 6.42 Å². The summed E-state index contributed by atoms with van der Waals surface area (Å²) in [4.78, 5) is 16.5. The highest BCUT2D eigenvalue weighted by atomic mass is 32.1. The maximum absolute atomic E-state index is 10.8. The minimum absolute atomic E-state index is 0.190. The quantitative estimate of drug-likeness (QED) is 0.562. The second kappa shape index (κ2) is 2.05. The van der Waals surface area contributed by atoms with Gasteiger partial charge in [-0.25, -0.2) is 4.98 Å². The molecule has 52 valence electrons. The number of rotatable bonds is 1. The van der Waals surface area contributed by atoms with E-state index in [2.05, 4.69) is 4.98 Å². The first-order valence-corrected chi connectivity index (χ1v) is 3.96. The van der Waals surface area contributed by atoms with Crippen molar-refractivity contribution in [3.05, 3.63) is 11.6 Å². The van der Waals surface area contributed by atoms with Crippen molar-refractivity contribution >= 4 is 22.4 Å². The number of nitrogens with zero attached hydrogens (tertiary/aromatic N) is 2. The van der Waals surface area contributed by atoms with E-state index < -0.39 is 0 Å². The zero-order valence-corrected chi connectivity index (χ0v) is 6.10. The maximum Gasteiger partial charge on any atom is 0.230 e. The summed E-state index contributed by atoms with van der Waals surface area (Å²) >= 11 is 1.50. The lowest BCUT2D eigenvalue weighted by atomic mass is 10.2. The van der Waals surface area contributed by atoms with Crippen LogP contribution in [0, 0.1) is 0 Å². The Morgan fingerprint density at radius 3 is 3.00 bits per heavy atom. The van der Waals surface area contributed by atoms with E-state index in [0.29, 0.717) is 6.42 Å². The molecule has 0 unspecified atom stereocenters. The predicted octanol–water partition coefficient (Wildman–Crippen LogP) is 0.880. The summed E-state index contributed by atoms with van der Waals surface area (Å²) < 4.78 is 0. The molecule has 0 aliphatic carbocycles. The molecule has 4 heteroatoms. The molecule has 0 aromatic carbocycles. The number of β-lactam (4-membered cyclic amide) rings is 1. The number of aromatic nitrogens is 1.